The molecule has 0 aliphatic carbocycles. The number of oxazole rings is 1. The molecule has 0 unspecified atom stereocenters. The van der Waals surface area contributed by atoms with Crippen LogP contribution >= 0.6 is 0 Å². The standard InChI is InChI=1S/C15H13N3O5/c1-3-11-14(23-15(19)17-11)9-4-5-16-13-10(9)6-8(22-2)7-12(13)18(20)21/h4-7H,3H2,1-2H3,(H,17,19). The van der Waals surface area contributed by atoms with Crippen molar-refractivity contribution >= 4 is 16.6 Å². The van der Waals surface area contributed by atoms with Gasteiger partial charge in [-0.15, -0.1) is 0 Å². The highest BCUT2D eigenvalue weighted by molar-refractivity contribution is 5.99. The Hall–Kier alpha value is -3.16. The van der Waals surface area contributed by atoms with E-state index in [9.17, 15) is 14.9 Å². The van der Waals surface area contributed by atoms with Crippen LogP contribution in [0.3, 0.4) is 0 Å². The van der Waals surface area contributed by atoms with Gasteiger partial charge in [0.2, 0.25) is 0 Å². The molecular weight excluding hydrogens is 302 g/mol. The van der Waals surface area contributed by atoms with E-state index in [1.54, 1.807) is 12.1 Å². The number of nitrogens with one attached hydrogen (secondary N) is 1. The van der Waals surface area contributed by atoms with Gasteiger partial charge in [-0.2, -0.15) is 0 Å². The van der Waals surface area contributed by atoms with Crippen molar-refractivity contribution in [2.24, 2.45) is 0 Å². The Morgan fingerprint density at radius 2 is 2.22 bits per heavy atom. The summed E-state index contributed by atoms with van der Waals surface area (Å²) in [5.41, 5.74) is 1.21. The molecule has 0 fully saturated rings. The van der Waals surface area contributed by atoms with Crippen molar-refractivity contribution in [3.8, 4) is 17.1 Å². The number of H-pyrrole nitrogens is 1. The molecule has 118 valence electrons. The van der Waals surface area contributed by atoms with Gasteiger partial charge >= 0.3 is 5.76 Å². The Kier molecular flexibility index (Phi) is 3.57. The fraction of sp³-hybridized carbons (Fsp3) is 0.200. The minimum Gasteiger partial charge on any atom is -0.496 e. The van der Waals surface area contributed by atoms with Crippen molar-refractivity contribution in [1.82, 2.24) is 9.97 Å². The predicted molar refractivity (Wildman–Crippen MR) is 82.7 cm³/mol. The van der Waals surface area contributed by atoms with E-state index in [0.29, 0.717) is 34.6 Å². The van der Waals surface area contributed by atoms with Gasteiger partial charge in [0.05, 0.1) is 23.8 Å². The number of aromatic amines is 1. The first-order valence-corrected chi connectivity index (χ1v) is 6.88. The lowest BCUT2D eigenvalue weighted by molar-refractivity contribution is -0.383. The average Bonchev–Trinajstić information content (AvgIpc) is 2.93. The Labute approximate surface area is 129 Å². The van der Waals surface area contributed by atoms with Gasteiger partial charge in [-0.05, 0) is 18.6 Å². The molecule has 0 radical (unpaired) electrons. The molecule has 3 rings (SSSR count). The largest absolute Gasteiger partial charge is 0.496 e. The Bertz CT molecular complexity index is 957. The van der Waals surface area contributed by atoms with Crippen LogP contribution in [-0.2, 0) is 6.42 Å². The van der Waals surface area contributed by atoms with Crippen molar-refractivity contribution in [2.45, 2.75) is 13.3 Å². The second kappa shape index (κ2) is 5.56. The van der Waals surface area contributed by atoms with Crippen molar-refractivity contribution in [3.05, 3.63) is 50.8 Å². The molecule has 23 heavy (non-hydrogen) atoms. The molecule has 0 aliphatic heterocycles. The summed E-state index contributed by atoms with van der Waals surface area (Å²) in [7, 11) is 1.43. The van der Waals surface area contributed by atoms with Gasteiger partial charge in [-0.1, -0.05) is 6.92 Å². The topological polar surface area (TPSA) is 111 Å². The van der Waals surface area contributed by atoms with Crippen molar-refractivity contribution in [3.63, 3.8) is 0 Å². The molecule has 0 amide bonds. The molecule has 0 bridgehead atoms. The van der Waals surface area contributed by atoms with Gasteiger partial charge in [0.25, 0.3) is 5.69 Å². The number of rotatable bonds is 4. The number of aromatic nitrogens is 2. The normalized spacial score (nSPS) is 10.9. The zero-order valence-corrected chi connectivity index (χ0v) is 12.5. The molecule has 8 heteroatoms. The number of ether oxygens (including phenoxy) is 1. The molecule has 0 spiro atoms. The summed E-state index contributed by atoms with van der Waals surface area (Å²) in [5.74, 6) is 0.112. The van der Waals surface area contributed by atoms with E-state index < -0.39 is 10.7 Å². The maximum atomic E-state index is 11.5. The molecule has 3 aromatic rings. The highest BCUT2D eigenvalue weighted by atomic mass is 16.6. The molecule has 8 nitrogen and oxygen atoms in total. The van der Waals surface area contributed by atoms with E-state index in [1.807, 2.05) is 6.92 Å². The number of nitro groups is 1. The molecule has 2 aromatic heterocycles. The third kappa shape index (κ3) is 2.44. The van der Waals surface area contributed by atoms with Gasteiger partial charge in [-0.25, -0.2) is 9.78 Å². The maximum Gasteiger partial charge on any atom is 0.417 e. The summed E-state index contributed by atoms with van der Waals surface area (Å²) >= 11 is 0. The number of hydrogen-bond acceptors (Lipinski definition) is 6. The Morgan fingerprint density at radius 3 is 2.87 bits per heavy atom. The number of non-ortho nitro benzene ring substituents is 1. The van der Waals surface area contributed by atoms with Crippen LogP contribution in [0.25, 0.3) is 22.2 Å². The number of nitrogens with zero attached hydrogens (tertiary/aromatic N) is 2. The number of fused-ring (bicyclic) bond motifs is 1. The summed E-state index contributed by atoms with van der Waals surface area (Å²) in [4.78, 5) is 29.0. The third-order valence-corrected chi connectivity index (χ3v) is 3.55. The van der Waals surface area contributed by atoms with Crippen molar-refractivity contribution in [2.75, 3.05) is 7.11 Å². The van der Waals surface area contributed by atoms with Crippen molar-refractivity contribution < 1.29 is 14.1 Å². The lowest BCUT2D eigenvalue weighted by atomic mass is 10.0. The highest BCUT2D eigenvalue weighted by Gasteiger charge is 2.21. The number of hydrogen-bond donors (Lipinski definition) is 1. The number of methoxy groups -OCH3 is 1. The second-order valence-electron chi connectivity index (χ2n) is 4.83. The van der Waals surface area contributed by atoms with Gasteiger partial charge < -0.3 is 9.15 Å². The number of aryl methyl sites for hydroxylation is 1. The van der Waals surface area contributed by atoms with Gasteiger partial charge in [-0.3, -0.25) is 15.1 Å². The zero-order valence-electron chi connectivity index (χ0n) is 12.5. The third-order valence-electron chi connectivity index (χ3n) is 3.55. The quantitative estimate of drug-likeness (QED) is 0.585. The molecule has 0 saturated heterocycles. The summed E-state index contributed by atoms with van der Waals surface area (Å²) < 4.78 is 10.4. The van der Waals surface area contributed by atoms with Crippen LogP contribution in [0.4, 0.5) is 5.69 Å². The first kappa shape index (κ1) is 14.8. The SMILES string of the molecule is CCc1[nH]c(=O)oc1-c1ccnc2c([N+](=O)[O-])cc(OC)cc12. The lowest BCUT2D eigenvalue weighted by Crippen LogP contribution is -1.96. The minimum absolute atomic E-state index is 0.169. The first-order valence-electron chi connectivity index (χ1n) is 6.88. The van der Waals surface area contributed by atoms with Crippen molar-refractivity contribution in [1.29, 1.82) is 0 Å². The van der Waals surface area contributed by atoms with Crippen LogP contribution in [0.1, 0.15) is 12.6 Å². The van der Waals surface area contributed by atoms with E-state index in [1.165, 1.54) is 19.4 Å². The molecule has 0 atom stereocenters. The minimum atomic E-state index is -0.570. The van der Waals surface area contributed by atoms with Gasteiger partial charge in [0, 0.05) is 17.1 Å². The van der Waals surface area contributed by atoms with Gasteiger partial charge in [0.1, 0.15) is 11.3 Å². The number of pyridine rings is 1. The monoisotopic (exact) mass is 315 g/mol. The smallest absolute Gasteiger partial charge is 0.417 e. The molecule has 0 saturated carbocycles. The van der Waals surface area contributed by atoms with Crippen LogP contribution in [0.2, 0.25) is 0 Å². The van der Waals surface area contributed by atoms with E-state index in [2.05, 4.69) is 9.97 Å². The summed E-state index contributed by atoms with van der Waals surface area (Å²) in [5, 5.41) is 11.8. The van der Waals surface area contributed by atoms with Crippen LogP contribution in [-0.4, -0.2) is 22.0 Å². The lowest BCUT2D eigenvalue weighted by Gasteiger charge is -2.07. The summed E-state index contributed by atoms with van der Waals surface area (Å²) in [6, 6.07) is 4.60. The van der Waals surface area contributed by atoms with Crippen LogP contribution in [0, 0.1) is 10.1 Å². The maximum absolute atomic E-state index is 11.5. The van der Waals surface area contributed by atoms with Crippen LogP contribution in [0.5, 0.6) is 5.75 Å². The number of benzene rings is 1. The van der Waals surface area contributed by atoms with E-state index >= 15 is 0 Å². The molecule has 1 aromatic carbocycles. The number of nitro benzene ring substituents is 1. The fourth-order valence-electron chi connectivity index (χ4n) is 2.49. The molecular formula is C15H13N3O5. The first-order chi connectivity index (χ1) is 11.0. The molecule has 0 aliphatic rings. The fourth-order valence-corrected chi connectivity index (χ4v) is 2.49. The van der Waals surface area contributed by atoms with E-state index in [4.69, 9.17) is 9.15 Å². The Balaban J connectivity index is 2.40. The van der Waals surface area contributed by atoms with E-state index in [0.717, 1.165) is 0 Å². The Morgan fingerprint density at radius 1 is 1.43 bits per heavy atom. The highest BCUT2D eigenvalue weighted by Crippen LogP contribution is 2.36. The summed E-state index contributed by atoms with van der Waals surface area (Å²) in [6.07, 6.45) is 2.00. The predicted octanol–water partition coefficient (Wildman–Crippen LogP) is 2.66. The second-order valence-corrected chi connectivity index (χ2v) is 4.83. The van der Waals surface area contributed by atoms with E-state index in [-0.39, 0.29) is 11.2 Å². The molecule has 1 N–H and O–H groups in total. The van der Waals surface area contributed by atoms with Crippen LogP contribution in [0.15, 0.2) is 33.6 Å². The average molecular weight is 315 g/mol. The summed E-state index contributed by atoms with van der Waals surface area (Å²) in [6.45, 7) is 1.87. The van der Waals surface area contributed by atoms with Gasteiger partial charge in [0.15, 0.2) is 5.76 Å². The van der Waals surface area contributed by atoms with Crippen LogP contribution < -0.4 is 10.5 Å². The molecule has 2 heterocycles. The zero-order chi connectivity index (χ0) is 16.6.